The number of hydrogen-bond acceptors (Lipinski definition) is 1. The van der Waals surface area contributed by atoms with E-state index in [4.69, 9.17) is 6.42 Å². The van der Waals surface area contributed by atoms with Crippen molar-refractivity contribution in [3.8, 4) is 12.3 Å². The highest BCUT2D eigenvalue weighted by atomic mass is 16.1. The van der Waals surface area contributed by atoms with Crippen LogP contribution in [0, 0.1) is 12.3 Å². The van der Waals surface area contributed by atoms with Crippen LogP contribution in [-0.4, -0.2) is 5.78 Å². The fraction of sp³-hybridized carbons (Fsp3) is 0. The smallest absolute Gasteiger partial charge is 0.193 e. The highest BCUT2D eigenvalue weighted by Gasteiger charge is 2.16. The first-order valence-corrected chi connectivity index (χ1v) is 7.72. The minimum atomic E-state index is -0.0397. The first kappa shape index (κ1) is 15.5. The molecule has 1 heteroatoms. The second kappa shape index (κ2) is 7.26. The van der Waals surface area contributed by atoms with E-state index in [1.807, 2.05) is 91.0 Å². The Morgan fingerprint density at radius 2 is 1.38 bits per heavy atom. The predicted molar refractivity (Wildman–Crippen MR) is 99.5 cm³/mol. The highest BCUT2D eigenvalue weighted by molar-refractivity contribution is 6.32. The number of allylic oxidation sites excluding steroid dienone is 1. The molecule has 0 N–H and O–H groups in total. The Bertz CT molecular complexity index is 913. The fourth-order valence-electron chi connectivity index (χ4n) is 2.57. The van der Waals surface area contributed by atoms with Crippen LogP contribution in [0.3, 0.4) is 0 Å². The maximum atomic E-state index is 13.1. The van der Waals surface area contributed by atoms with Crippen LogP contribution in [0.4, 0.5) is 0 Å². The molecule has 1 nitrogen and oxygen atoms in total. The third kappa shape index (κ3) is 3.34. The average molecular weight is 308 g/mol. The van der Waals surface area contributed by atoms with Crippen LogP contribution in [0.1, 0.15) is 27.0 Å². The van der Waals surface area contributed by atoms with Gasteiger partial charge in [-0.05, 0) is 17.7 Å². The summed E-state index contributed by atoms with van der Waals surface area (Å²) in [6.07, 6.45) is 7.53. The summed E-state index contributed by atoms with van der Waals surface area (Å²) in [4.78, 5) is 13.1. The number of benzene rings is 3. The summed E-state index contributed by atoms with van der Waals surface area (Å²) in [5.41, 5.74) is 3.69. The Hall–Kier alpha value is -3.37. The number of rotatable bonds is 4. The zero-order valence-corrected chi connectivity index (χ0v) is 13.1. The van der Waals surface area contributed by atoms with E-state index >= 15 is 0 Å². The number of hydrogen-bond donors (Lipinski definition) is 0. The molecule has 0 atom stereocenters. The summed E-state index contributed by atoms with van der Waals surface area (Å²) in [7, 11) is 0. The molecule has 0 aliphatic rings. The largest absolute Gasteiger partial charge is 0.289 e. The van der Waals surface area contributed by atoms with Gasteiger partial charge >= 0.3 is 0 Å². The van der Waals surface area contributed by atoms with E-state index in [0.717, 1.165) is 11.1 Å². The molecule has 0 saturated carbocycles. The van der Waals surface area contributed by atoms with Gasteiger partial charge in [-0.3, -0.25) is 4.79 Å². The number of ketones is 1. The van der Waals surface area contributed by atoms with Gasteiger partial charge in [0.15, 0.2) is 5.78 Å². The van der Waals surface area contributed by atoms with Gasteiger partial charge in [-0.1, -0.05) is 84.8 Å². The molecule has 0 aromatic heterocycles. The minimum Gasteiger partial charge on any atom is -0.289 e. The molecule has 0 spiro atoms. The average Bonchev–Trinajstić information content (AvgIpc) is 2.67. The topological polar surface area (TPSA) is 17.1 Å². The van der Waals surface area contributed by atoms with Gasteiger partial charge in [0.1, 0.15) is 0 Å². The lowest BCUT2D eigenvalue weighted by atomic mass is 9.92. The van der Waals surface area contributed by atoms with E-state index in [-0.39, 0.29) is 5.78 Å². The quantitative estimate of drug-likeness (QED) is 0.284. The van der Waals surface area contributed by atoms with E-state index in [2.05, 4.69) is 5.92 Å². The first-order valence-electron chi connectivity index (χ1n) is 7.72. The summed E-state index contributed by atoms with van der Waals surface area (Å²) >= 11 is 0. The second-order valence-electron chi connectivity index (χ2n) is 5.35. The summed E-state index contributed by atoms with van der Waals surface area (Å²) in [6.45, 7) is 0. The van der Waals surface area contributed by atoms with Crippen molar-refractivity contribution in [1.82, 2.24) is 0 Å². The fourth-order valence-corrected chi connectivity index (χ4v) is 2.57. The van der Waals surface area contributed by atoms with Crippen LogP contribution >= 0.6 is 0 Å². The number of carbonyl (C=O) groups is 1. The van der Waals surface area contributed by atoms with Crippen molar-refractivity contribution in [1.29, 1.82) is 0 Å². The lowest BCUT2D eigenvalue weighted by Gasteiger charge is -2.10. The van der Waals surface area contributed by atoms with Gasteiger partial charge in [-0.2, -0.15) is 0 Å². The molecule has 24 heavy (non-hydrogen) atoms. The van der Waals surface area contributed by atoms with Gasteiger partial charge in [0.2, 0.25) is 0 Å². The van der Waals surface area contributed by atoms with Crippen LogP contribution in [0.15, 0.2) is 84.9 Å². The number of carbonyl (C=O) groups excluding carboxylic acids is 1. The zero-order chi connectivity index (χ0) is 16.8. The van der Waals surface area contributed by atoms with E-state index in [1.54, 1.807) is 0 Å². The SMILES string of the molecule is C#Cc1ccccc1C(=Cc1ccccc1)C(=O)c1ccccc1. The lowest BCUT2D eigenvalue weighted by Crippen LogP contribution is -2.04. The molecule has 0 heterocycles. The van der Waals surface area contributed by atoms with E-state index < -0.39 is 0 Å². The number of Topliss-reactive ketones (excluding diaryl/α,β-unsaturated/α-hetero) is 1. The van der Waals surface area contributed by atoms with E-state index in [9.17, 15) is 4.79 Å². The Morgan fingerprint density at radius 3 is 2.04 bits per heavy atom. The molecule has 3 aromatic carbocycles. The highest BCUT2D eigenvalue weighted by Crippen LogP contribution is 2.25. The molecular formula is C23H16O. The lowest BCUT2D eigenvalue weighted by molar-refractivity contribution is 0.105. The first-order chi connectivity index (χ1) is 11.8. The molecule has 114 valence electrons. The van der Waals surface area contributed by atoms with Gasteiger partial charge in [0.25, 0.3) is 0 Å². The normalized spacial score (nSPS) is 10.9. The summed E-state index contributed by atoms with van der Waals surface area (Å²) < 4.78 is 0. The maximum Gasteiger partial charge on any atom is 0.193 e. The molecule has 0 radical (unpaired) electrons. The Kier molecular flexibility index (Phi) is 4.70. The van der Waals surface area contributed by atoms with Crippen molar-refractivity contribution in [3.05, 3.63) is 107 Å². The molecule has 0 unspecified atom stereocenters. The Labute approximate surface area is 142 Å². The van der Waals surface area contributed by atoms with Crippen molar-refractivity contribution in [2.75, 3.05) is 0 Å². The van der Waals surface area contributed by atoms with Crippen LogP contribution in [0.2, 0.25) is 0 Å². The molecule has 3 aromatic rings. The Balaban J connectivity index is 2.17. The van der Waals surface area contributed by atoms with Gasteiger partial charge in [-0.25, -0.2) is 0 Å². The van der Waals surface area contributed by atoms with Crippen molar-refractivity contribution >= 4 is 17.4 Å². The summed E-state index contributed by atoms with van der Waals surface area (Å²) in [5.74, 6) is 2.64. The van der Waals surface area contributed by atoms with Gasteiger partial charge in [0.05, 0.1) is 0 Å². The predicted octanol–water partition coefficient (Wildman–Crippen LogP) is 5.09. The van der Waals surface area contributed by atoms with Gasteiger partial charge < -0.3 is 0 Å². The number of terminal acetylenes is 1. The monoisotopic (exact) mass is 308 g/mol. The molecule has 0 aliphatic carbocycles. The van der Waals surface area contributed by atoms with Crippen LogP contribution < -0.4 is 0 Å². The standard InChI is InChI=1S/C23H16O/c1-2-19-13-9-10-16-21(19)22(17-18-11-5-3-6-12-18)23(24)20-14-7-4-8-15-20/h1,3-17H. The van der Waals surface area contributed by atoms with Crippen molar-refractivity contribution < 1.29 is 4.79 Å². The molecular weight excluding hydrogens is 292 g/mol. The molecule has 0 amide bonds. The van der Waals surface area contributed by atoms with Crippen molar-refractivity contribution in [2.24, 2.45) is 0 Å². The molecule has 0 fully saturated rings. The summed E-state index contributed by atoms with van der Waals surface area (Å²) in [5, 5.41) is 0. The third-order valence-corrected chi connectivity index (χ3v) is 3.76. The van der Waals surface area contributed by atoms with Crippen LogP contribution in [0.25, 0.3) is 11.6 Å². The van der Waals surface area contributed by atoms with Crippen LogP contribution in [-0.2, 0) is 0 Å². The maximum absolute atomic E-state index is 13.1. The zero-order valence-electron chi connectivity index (χ0n) is 13.1. The molecule has 0 saturated heterocycles. The van der Waals surface area contributed by atoms with Crippen molar-refractivity contribution in [3.63, 3.8) is 0 Å². The van der Waals surface area contributed by atoms with E-state index in [1.165, 1.54) is 0 Å². The van der Waals surface area contributed by atoms with Gasteiger partial charge in [0, 0.05) is 22.3 Å². The van der Waals surface area contributed by atoms with E-state index in [0.29, 0.717) is 16.7 Å². The summed E-state index contributed by atoms with van der Waals surface area (Å²) in [6, 6.07) is 26.6. The third-order valence-electron chi connectivity index (χ3n) is 3.76. The molecule has 3 rings (SSSR count). The molecule has 0 aliphatic heterocycles. The molecule has 0 bridgehead atoms. The van der Waals surface area contributed by atoms with Gasteiger partial charge in [-0.15, -0.1) is 6.42 Å². The Morgan fingerprint density at radius 1 is 0.792 bits per heavy atom. The second-order valence-corrected chi connectivity index (χ2v) is 5.35. The van der Waals surface area contributed by atoms with Crippen molar-refractivity contribution in [2.45, 2.75) is 0 Å². The van der Waals surface area contributed by atoms with Crippen LogP contribution in [0.5, 0.6) is 0 Å². The minimum absolute atomic E-state index is 0.0397.